The minimum absolute atomic E-state index is 0.0194. The molecule has 2 bridgehead atoms. The number of hydrogen-bond acceptors (Lipinski definition) is 10. The normalized spacial score (nSPS) is 28.3. The van der Waals surface area contributed by atoms with Crippen molar-refractivity contribution in [2.45, 2.75) is 130 Å². The van der Waals surface area contributed by atoms with E-state index in [-0.39, 0.29) is 72.6 Å². The number of carbonyl (C=O) groups excluding carboxylic acids is 3. The highest BCUT2D eigenvalue weighted by molar-refractivity contribution is 5.99. The van der Waals surface area contributed by atoms with Gasteiger partial charge < -0.3 is 40.7 Å². The number of hydrogen-bond donors (Lipinski definition) is 5. The number of carbonyl (C=O) groups is 4. The summed E-state index contributed by atoms with van der Waals surface area (Å²) in [5.41, 5.74) is 3.32. The third-order valence-corrected chi connectivity index (χ3v) is 13.8. The Hall–Kier alpha value is -3.82. The van der Waals surface area contributed by atoms with E-state index >= 15 is 0 Å². The van der Waals surface area contributed by atoms with E-state index in [9.17, 15) is 24.3 Å². The molecule has 4 fully saturated rings. The molecule has 1 unspecified atom stereocenters. The van der Waals surface area contributed by atoms with Gasteiger partial charge in [-0.1, -0.05) is 65.8 Å². The van der Waals surface area contributed by atoms with Crippen LogP contribution in [0.25, 0.3) is 5.57 Å². The second-order valence-electron chi connectivity index (χ2n) is 20.5. The van der Waals surface area contributed by atoms with Gasteiger partial charge in [-0.2, -0.15) is 5.06 Å². The highest BCUT2D eigenvalue weighted by Gasteiger charge is 2.57. The summed E-state index contributed by atoms with van der Waals surface area (Å²) in [6.45, 7) is 15.8. The highest BCUT2D eigenvalue weighted by Crippen LogP contribution is 2.61. The second-order valence-corrected chi connectivity index (χ2v) is 20.5. The first kappa shape index (κ1) is 48.2. The number of aliphatic hydroxyl groups is 1. The van der Waals surface area contributed by atoms with Crippen LogP contribution in [0.1, 0.15) is 98.1 Å². The molecular formula is C47H74N6O8. The molecule has 6 rings (SSSR count). The van der Waals surface area contributed by atoms with Crippen LogP contribution in [0.15, 0.2) is 35.9 Å². The molecular weight excluding hydrogens is 777 g/mol. The number of methoxy groups -OCH3 is 1. The number of amides is 3. The average Bonchev–Trinajstić information content (AvgIpc) is 3.53. The van der Waals surface area contributed by atoms with Gasteiger partial charge in [0.15, 0.2) is 0 Å². The summed E-state index contributed by atoms with van der Waals surface area (Å²) < 4.78 is 6.17. The van der Waals surface area contributed by atoms with E-state index in [1.807, 2.05) is 58.5 Å². The van der Waals surface area contributed by atoms with Gasteiger partial charge in [-0.05, 0) is 101 Å². The number of nitrogens with zero attached hydrogens (tertiary/aromatic N) is 3. The predicted molar refractivity (Wildman–Crippen MR) is 236 cm³/mol. The van der Waals surface area contributed by atoms with Crippen molar-refractivity contribution in [1.29, 1.82) is 0 Å². The molecule has 340 valence electrons. The average molecular weight is 851 g/mol. The summed E-state index contributed by atoms with van der Waals surface area (Å²) in [6.07, 6.45) is 5.18. The van der Waals surface area contributed by atoms with E-state index in [1.54, 1.807) is 19.1 Å². The van der Waals surface area contributed by atoms with Gasteiger partial charge in [-0.15, -0.1) is 0 Å². The van der Waals surface area contributed by atoms with Crippen LogP contribution in [-0.2, 0) is 30.6 Å². The smallest absolute Gasteiger partial charge is 0.303 e. The largest absolute Gasteiger partial charge is 0.496 e. The van der Waals surface area contributed by atoms with Crippen molar-refractivity contribution < 1.29 is 39.0 Å². The van der Waals surface area contributed by atoms with Crippen LogP contribution in [0.3, 0.4) is 0 Å². The van der Waals surface area contributed by atoms with Gasteiger partial charge in [-0.25, -0.2) is 0 Å². The zero-order chi connectivity index (χ0) is 45.1. The number of aliphatic hydroxyl groups excluding tert-OH is 1. The first-order chi connectivity index (χ1) is 28.5. The van der Waals surface area contributed by atoms with Gasteiger partial charge in [0.05, 0.1) is 26.2 Å². The Morgan fingerprint density at radius 3 is 2.36 bits per heavy atom. The number of carboxylic acids is 1. The fraction of sp³-hybridized carbons (Fsp3) is 0.702. The van der Waals surface area contributed by atoms with Gasteiger partial charge in [0.1, 0.15) is 17.9 Å². The Balaban J connectivity index is 1.46. The number of benzene rings is 1. The third-order valence-electron chi connectivity index (χ3n) is 13.8. The predicted octanol–water partition coefficient (Wildman–Crippen LogP) is 4.47. The minimum Gasteiger partial charge on any atom is -0.496 e. The van der Waals surface area contributed by atoms with Crippen molar-refractivity contribution in [1.82, 2.24) is 30.8 Å². The molecule has 1 heterocycles. The van der Waals surface area contributed by atoms with Crippen molar-refractivity contribution in [3.63, 3.8) is 0 Å². The first-order valence-electron chi connectivity index (χ1n) is 22.1. The number of likely N-dealkylation sites (N-methyl/N-ethyl adjacent to an activating group) is 2. The summed E-state index contributed by atoms with van der Waals surface area (Å²) in [6, 6.07) is 4.79. The SMILES string of the molecule is COc1c(CN2O[C@@H](CNC(=O)CCC(=O)O)[C@@H]([C@H](C)O)[C@H]2C(=O)N[C@H]2C[C@@H]3C[C@H]([C@@H]2C)C3(C)C)cccc1C1=CC(C(=O)N[C@H](CN(C)C)CC(C)(C)C)=CC(N(C)C)C1. The standard InChI is InChI=1S/C47H74N6O8/c1-27-36-21-32(47(36,6)7)22-37(27)50-45(59)42-41(28(2)54)38(24-48-39(55)16-17-40(56)57)61-53(42)25-29-14-13-15-35(43(29)60-12)30-18-31(20-34(19-30)52(10)11)44(58)49-33(26-51(8)9)23-46(3,4)5/h13-15,18,20,27-28,32-34,36-38,41-42,54H,16-17,19,21-26H2,1-12H3,(H,48,55)(H,49,58)(H,50,59)(H,56,57)/t27-,28-,32-,33-,34?,36+,37-,38-,41+,42-/m0/s1. The molecule has 0 spiro atoms. The Labute approximate surface area is 363 Å². The lowest BCUT2D eigenvalue weighted by Gasteiger charge is -2.62. The Morgan fingerprint density at radius 2 is 1.79 bits per heavy atom. The van der Waals surface area contributed by atoms with Crippen LogP contribution in [0.5, 0.6) is 5.75 Å². The monoisotopic (exact) mass is 851 g/mol. The van der Waals surface area contributed by atoms with E-state index in [2.05, 4.69) is 67.3 Å². The zero-order valence-electron chi connectivity index (χ0n) is 38.7. The van der Waals surface area contributed by atoms with Crippen LogP contribution in [0, 0.1) is 34.5 Å². The lowest BCUT2D eigenvalue weighted by molar-refractivity contribution is -0.177. The van der Waals surface area contributed by atoms with Crippen molar-refractivity contribution in [3.05, 3.63) is 47.1 Å². The molecule has 14 heteroatoms. The lowest BCUT2D eigenvalue weighted by atomic mass is 9.45. The fourth-order valence-electron chi connectivity index (χ4n) is 10.5. The highest BCUT2D eigenvalue weighted by atomic mass is 16.7. The minimum atomic E-state index is -1.08. The number of aliphatic carboxylic acids is 1. The van der Waals surface area contributed by atoms with E-state index < -0.39 is 36.0 Å². The van der Waals surface area contributed by atoms with Crippen LogP contribution in [0.2, 0.25) is 0 Å². The molecule has 10 atom stereocenters. The molecule has 1 aromatic rings. The number of hydroxylamine groups is 2. The van der Waals surface area contributed by atoms with Crippen molar-refractivity contribution in [2.24, 2.45) is 34.5 Å². The number of rotatable bonds is 18. The van der Waals surface area contributed by atoms with Crippen LogP contribution in [-0.4, -0.2) is 134 Å². The summed E-state index contributed by atoms with van der Waals surface area (Å²) in [7, 11) is 9.63. The quantitative estimate of drug-likeness (QED) is 0.141. The maximum atomic E-state index is 14.6. The number of nitrogens with one attached hydrogen (secondary N) is 3. The fourth-order valence-corrected chi connectivity index (χ4v) is 10.5. The molecule has 1 aromatic carbocycles. The molecule has 5 N–H and O–H groups in total. The molecule has 61 heavy (non-hydrogen) atoms. The molecule has 3 saturated carbocycles. The molecule has 14 nitrogen and oxygen atoms in total. The molecule has 1 saturated heterocycles. The van der Waals surface area contributed by atoms with E-state index in [0.717, 1.165) is 36.0 Å². The number of ether oxygens (including phenoxy) is 1. The van der Waals surface area contributed by atoms with Gasteiger partial charge in [0.25, 0.3) is 5.91 Å². The van der Waals surface area contributed by atoms with Crippen molar-refractivity contribution >= 4 is 29.3 Å². The van der Waals surface area contributed by atoms with Crippen LogP contribution < -0.4 is 20.7 Å². The Morgan fingerprint density at radius 1 is 1.08 bits per heavy atom. The summed E-state index contributed by atoms with van der Waals surface area (Å²) in [4.78, 5) is 63.2. The van der Waals surface area contributed by atoms with Gasteiger partial charge in [-0.3, -0.25) is 24.0 Å². The Bertz CT molecular complexity index is 1820. The van der Waals surface area contributed by atoms with E-state index in [0.29, 0.717) is 36.1 Å². The summed E-state index contributed by atoms with van der Waals surface area (Å²) >= 11 is 0. The molecule has 4 aliphatic carbocycles. The van der Waals surface area contributed by atoms with Gasteiger partial charge in [0, 0.05) is 60.3 Å². The molecule has 3 amide bonds. The lowest BCUT2D eigenvalue weighted by Crippen LogP contribution is -2.62. The Kier molecular flexibility index (Phi) is 15.6. The van der Waals surface area contributed by atoms with Crippen molar-refractivity contribution in [3.8, 4) is 5.75 Å². The summed E-state index contributed by atoms with van der Waals surface area (Å²) in [5.74, 6) is -0.749. The molecule has 0 aromatic heterocycles. The van der Waals surface area contributed by atoms with E-state index in [4.69, 9.17) is 14.7 Å². The number of carboxylic acid groups (broad SMARTS) is 1. The van der Waals surface area contributed by atoms with Crippen LogP contribution >= 0.6 is 0 Å². The molecule has 0 radical (unpaired) electrons. The molecule has 1 aliphatic heterocycles. The zero-order valence-corrected chi connectivity index (χ0v) is 38.7. The number of para-hydroxylation sites is 1. The van der Waals surface area contributed by atoms with E-state index in [1.165, 1.54) is 0 Å². The topological polar surface area (TPSA) is 173 Å². The van der Waals surface area contributed by atoms with Crippen LogP contribution in [0.4, 0.5) is 0 Å². The van der Waals surface area contributed by atoms with Crippen molar-refractivity contribution in [2.75, 3.05) is 48.4 Å². The maximum Gasteiger partial charge on any atom is 0.303 e. The third kappa shape index (κ3) is 11.6. The molecule has 5 aliphatic rings. The van der Waals surface area contributed by atoms with Gasteiger partial charge in [0.2, 0.25) is 11.8 Å². The van der Waals surface area contributed by atoms with Gasteiger partial charge >= 0.3 is 5.97 Å². The number of fused-ring (bicyclic) bond motifs is 2. The summed E-state index contributed by atoms with van der Waals surface area (Å²) in [5, 5.41) is 31.5. The maximum absolute atomic E-state index is 14.6. The second kappa shape index (κ2) is 19.7. The first-order valence-corrected chi connectivity index (χ1v) is 22.1.